The molecule has 0 bridgehead atoms. The lowest BCUT2D eigenvalue weighted by molar-refractivity contribution is 0.0201. The van der Waals surface area contributed by atoms with Crippen molar-refractivity contribution in [1.29, 1.82) is 0 Å². The monoisotopic (exact) mass is 241 g/mol. The van der Waals surface area contributed by atoms with Crippen molar-refractivity contribution in [3.05, 3.63) is 29.6 Å². The van der Waals surface area contributed by atoms with Crippen LogP contribution in [0.3, 0.4) is 0 Å². The average Bonchev–Trinajstić information content (AvgIpc) is 2.29. The van der Waals surface area contributed by atoms with Crippen LogP contribution in [0.5, 0.6) is 5.75 Å². The second-order valence-electron chi connectivity index (χ2n) is 4.06. The first-order valence-corrected chi connectivity index (χ1v) is 5.85. The predicted octanol–water partition coefficient (Wildman–Crippen LogP) is 2.70. The van der Waals surface area contributed by atoms with Crippen LogP contribution in [0.25, 0.3) is 0 Å². The maximum Gasteiger partial charge on any atom is 0.189 e. The summed E-state index contributed by atoms with van der Waals surface area (Å²) in [5.74, 6) is -0.125. The van der Waals surface area contributed by atoms with Crippen molar-refractivity contribution in [2.24, 2.45) is 0 Å². The first kappa shape index (κ1) is 13.9. The Morgan fingerprint density at radius 2 is 2.12 bits per heavy atom. The van der Waals surface area contributed by atoms with Gasteiger partial charge in [-0.15, -0.1) is 0 Å². The van der Waals surface area contributed by atoms with E-state index >= 15 is 0 Å². The maximum atomic E-state index is 13.6. The van der Waals surface area contributed by atoms with Gasteiger partial charge in [-0.3, -0.25) is 0 Å². The second-order valence-corrected chi connectivity index (χ2v) is 4.06. The van der Waals surface area contributed by atoms with Crippen LogP contribution in [0, 0.1) is 5.82 Å². The molecular formula is C13H20FNO2. The molecule has 0 aromatic heterocycles. The molecule has 0 heterocycles. The predicted molar refractivity (Wildman–Crippen MR) is 65.5 cm³/mol. The van der Waals surface area contributed by atoms with Gasteiger partial charge in [-0.1, -0.05) is 19.9 Å². The SMILES string of the molecule is CCOCOc1ccc(CNC(C)C)cc1F. The first-order valence-electron chi connectivity index (χ1n) is 5.85. The summed E-state index contributed by atoms with van der Waals surface area (Å²) >= 11 is 0. The lowest BCUT2D eigenvalue weighted by atomic mass is 10.2. The van der Waals surface area contributed by atoms with Crippen LogP contribution in [0.15, 0.2) is 18.2 Å². The highest BCUT2D eigenvalue weighted by Crippen LogP contribution is 2.18. The van der Waals surface area contributed by atoms with E-state index in [0.29, 0.717) is 19.2 Å². The lowest BCUT2D eigenvalue weighted by Gasteiger charge is -2.10. The normalized spacial score (nSPS) is 10.9. The van der Waals surface area contributed by atoms with E-state index in [1.807, 2.05) is 13.0 Å². The van der Waals surface area contributed by atoms with E-state index in [4.69, 9.17) is 9.47 Å². The molecule has 4 heteroatoms. The quantitative estimate of drug-likeness (QED) is 0.588. The van der Waals surface area contributed by atoms with E-state index in [0.717, 1.165) is 5.56 Å². The van der Waals surface area contributed by atoms with Crippen molar-refractivity contribution in [3.8, 4) is 5.75 Å². The highest BCUT2D eigenvalue weighted by atomic mass is 19.1. The number of nitrogens with one attached hydrogen (secondary N) is 1. The lowest BCUT2D eigenvalue weighted by Crippen LogP contribution is -2.21. The van der Waals surface area contributed by atoms with Crippen LogP contribution in [0.4, 0.5) is 4.39 Å². The summed E-state index contributed by atoms with van der Waals surface area (Å²) in [6, 6.07) is 5.34. The third kappa shape index (κ3) is 5.15. The zero-order valence-electron chi connectivity index (χ0n) is 10.6. The first-order chi connectivity index (χ1) is 8.13. The van der Waals surface area contributed by atoms with Gasteiger partial charge in [-0.05, 0) is 24.6 Å². The third-order valence-electron chi connectivity index (χ3n) is 2.21. The molecule has 0 atom stereocenters. The van der Waals surface area contributed by atoms with Gasteiger partial charge in [0.25, 0.3) is 0 Å². The Morgan fingerprint density at radius 3 is 2.71 bits per heavy atom. The number of hydrogen-bond acceptors (Lipinski definition) is 3. The van der Waals surface area contributed by atoms with Gasteiger partial charge in [0.2, 0.25) is 0 Å². The van der Waals surface area contributed by atoms with Crippen LogP contribution >= 0.6 is 0 Å². The third-order valence-corrected chi connectivity index (χ3v) is 2.21. The van der Waals surface area contributed by atoms with Crippen molar-refractivity contribution >= 4 is 0 Å². The molecule has 0 radical (unpaired) electrons. The highest BCUT2D eigenvalue weighted by Gasteiger charge is 2.05. The minimum Gasteiger partial charge on any atom is -0.464 e. The Hall–Kier alpha value is -1.13. The molecule has 0 saturated heterocycles. The molecule has 1 rings (SSSR count). The van der Waals surface area contributed by atoms with Crippen molar-refractivity contribution in [2.45, 2.75) is 33.4 Å². The number of hydrogen-bond donors (Lipinski definition) is 1. The van der Waals surface area contributed by atoms with Crippen molar-refractivity contribution < 1.29 is 13.9 Å². The summed E-state index contributed by atoms with van der Waals surface area (Å²) in [6.45, 7) is 7.25. The van der Waals surface area contributed by atoms with Crippen molar-refractivity contribution in [1.82, 2.24) is 5.32 Å². The topological polar surface area (TPSA) is 30.5 Å². The zero-order chi connectivity index (χ0) is 12.7. The minimum atomic E-state index is -0.354. The Kier molecular flexibility index (Phi) is 5.94. The summed E-state index contributed by atoms with van der Waals surface area (Å²) in [7, 11) is 0. The molecule has 96 valence electrons. The van der Waals surface area contributed by atoms with Crippen LogP contribution < -0.4 is 10.1 Å². The molecule has 1 aromatic carbocycles. The van der Waals surface area contributed by atoms with Crippen LogP contribution in [0.1, 0.15) is 26.3 Å². The average molecular weight is 241 g/mol. The van der Waals surface area contributed by atoms with Gasteiger partial charge in [0.15, 0.2) is 18.4 Å². The van der Waals surface area contributed by atoms with Gasteiger partial charge >= 0.3 is 0 Å². The minimum absolute atomic E-state index is 0.0804. The van der Waals surface area contributed by atoms with Gasteiger partial charge in [0.05, 0.1) is 0 Å². The molecule has 0 spiro atoms. The van der Waals surface area contributed by atoms with Crippen molar-refractivity contribution in [2.75, 3.05) is 13.4 Å². The Labute approximate surface area is 102 Å². The molecule has 3 nitrogen and oxygen atoms in total. The Morgan fingerprint density at radius 1 is 1.35 bits per heavy atom. The maximum absolute atomic E-state index is 13.6. The van der Waals surface area contributed by atoms with Crippen LogP contribution in [-0.2, 0) is 11.3 Å². The summed E-state index contributed by atoms with van der Waals surface area (Å²) in [6.07, 6.45) is 0. The number of halogens is 1. The molecule has 0 saturated carbocycles. The van der Waals surface area contributed by atoms with E-state index in [1.54, 1.807) is 6.07 Å². The molecule has 0 amide bonds. The summed E-state index contributed by atoms with van der Waals surface area (Å²) in [5, 5.41) is 3.23. The van der Waals surface area contributed by atoms with E-state index < -0.39 is 0 Å². The largest absolute Gasteiger partial charge is 0.464 e. The van der Waals surface area contributed by atoms with Crippen LogP contribution in [-0.4, -0.2) is 19.4 Å². The summed E-state index contributed by atoms with van der Waals surface area (Å²) in [4.78, 5) is 0. The number of rotatable bonds is 7. The molecule has 17 heavy (non-hydrogen) atoms. The smallest absolute Gasteiger partial charge is 0.189 e. The van der Waals surface area contributed by atoms with E-state index in [2.05, 4.69) is 19.2 Å². The fraction of sp³-hybridized carbons (Fsp3) is 0.538. The molecule has 1 aromatic rings. The number of ether oxygens (including phenoxy) is 2. The Balaban J connectivity index is 2.53. The van der Waals surface area contributed by atoms with E-state index in [-0.39, 0.29) is 18.4 Å². The molecule has 1 N–H and O–H groups in total. The molecule has 0 unspecified atom stereocenters. The fourth-order valence-electron chi connectivity index (χ4n) is 1.28. The van der Waals surface area contributed by atoms with Gasteiger partial charge in [0, 0.05) is 19.2 Å². The number of benzene rings is 1. The van der Waals surface area contributed by atoms with E-state index in [1.165, 1.54) is 6.07 Å². The molecule has 0 aliphatic carbocycles. The van der Waals surface area contributed by atoms with Crippen LogP contribution in [0.2, 0.25) is 0 Å². The molecule has 0 aliphatic rings. The van der Waals surface area contributed by atoms with E-state index in [9.17, 15) is 4.39 Å². The van der Waals surface area contributed by atoms with Crippen molar-refractivity contribution in [3.63, 3.8) is 0 Å². The Bertz CT molecular complexity index is 342. The fourth-order valence-corrected chi connectivity index (χ4v) is 1.28. The second kappa shape index (κ2) is 7.25. The van der Waals surface area contributed by atoms with Gasteiger partial charge < -0.3 is 14.8 Å². The zero-order valence-corrected chi connectivity index (χ0v) is 10.6. The standard InChI is InChI=1S/C13H20FNO2/c1-4-16-9-17-13-6-5-11(7-12(13)14)8-15-10(2)3/h5-7,10,15H,4,8-9H2,1-3H3. The molecule has 0 aliphatic heterocycles. The van der Waals surface area contributed by atoms with Gasteiger partial charge in [-0.25, -0.2) is 4.39 Å². The highest BCUT2D eigenvalue weighted by molar-refractivity contribution is 5.29. The van der Waals surface area contributed by atoms with Gasteiger partial charge in [0.1, 0.15) is 0 Å². The molecule has 0 fully saturated rings. The summed E-state index contributed by atoms with van der Waals surface area (Å²) < 4.78 is 23.7. The summed E-state index contributed by atoms with van der Waals surface area (Å²) in [5.41, 5.74) is 0.903. The molecular weight excluding hydrogens is 221 g/mol. The van der Waals surface area contributed by atoms with Gasteiger partial charge in [-0.2, -0.15) is 0 Å².